The van der Waals surface area contributed by atoms with Crippen molar-refractivity contribution < 1.29 is 9.47 Å². The molecule has 0 bridgehead atoms. The Labute approximate surface area is 112 Å². The van der Waals surface area contributed by atoms with Gasteiger partial charge in [-0.15, -0.1) is 0 Å². The minimum absolute atomic E-state index is 0.364. The van der Waals surface area contributed by atoms with Gasteiger partial charge in [-0.25, -0.2) is 0 Å². The first-order chi connectivity index (χ1) is 8.81. The lowest BCUT2D eigenvalue weighted by Gasteiger charge is -1.97. The van der Waals surface area contributed by atoms with Crippen LogP contribution in [0.2, 0.25) is 0 Å². The van der Waals surface area contributed by atoms with Gasteiger partial charge in [0.05, 0.1) is 0 Å². The molecule has 0 fully saturated rings. The molecule has 0 aromatic heterocycles. The van der Waals surface area contributed by atoms with Crippen LogP contribution in [0.5, 0.6) is 11.5 Å². The average Bonchev–Trinajstić information content (AvgIpc) is 2.89. The van der Waals surface area contributed by atoms with Crippen molar-refractivity contribution in [2.45, 2.75) is 60.3 Å². The first kappa shape index (κ1) is 16.8. The summed E-state index contributed by atoms with van der Waals surface area (Å²) in [6, 6.07) is 6.05. The van der Waals surface area contributed by atoms with E-state index in [2.05, 4.69) is 26.8 Å². The molecule has 1 aromatic rings. The molecule has 0 saturated carbocycles. The maximum absolute atomic E-state index is 5.22. The van der Waals surface area contributed by atoms with E-state index in [1.807, 2.05) is 26.0 Å². The summed E-state index contributed by atoms with van der Waals surface area (Å²) in [5, 5.41) is 0. The molecule has 18 heavy (non-hydrogen) atoms. The third kappa shape index (κ3) is 5.95. The zero-order valence-electron chi connectivity index (χ0n) is 12.6. The summed E-state index contributed by atoms with van der Waals surface area (Å²) in [5.41, 5.74) is 1.29. The fourth-order valence-corrected chi connectivity index (χ4v) is 1.51. The molecule has 2 nitrogen and oxygen atoms in total. The van der Waals surface area contributed by atoms with Crippen molar-refractivity contribution in [3.63, 3.8) is 0 Å². The Morgan fingerprint density at radius 3 is 2.06 bits per heavy atom. The maximum Gasteiger partial charge on any atom is 0.231 e. The molecule has 104 valence electrons. The van der Waals surface area contributed by atoms with Gasteiger partial charge in [0.25, 0.3) is 0 Å². The number of aryl methyl sites for hydroxylation is 1. The van der Waals surface area contributed by atoms with Gasteiger partial charge in [-0.3, -0.25) is 0 Å². The van der Waals surface area contributed by atoms with Crippen LogP contribution in [-0.2, 0) is 6.42 Å². The molecule has 1 aliphatic heterocycles. The van der Waals surface area contributed by atoms with Crippen LogP contribution in [0.3, 0.4) is 0 Å². The van der Waals surface area contributed by atoms with Crippen molar-refractivity contribution in [3.05, 3.63) is 23.8 Å². The zero-order chi connectivity index (χ0) is 13.8. The van der Waals surface area contributed by atoms with Gasteiger partial charge in [-0.05, 0) is 24.1 Å². The lowest BCUT2D eigenvalue weighted by atomic mass is 10.1. The smallest absolute Gasteiger partial charge is 0.231 e. The molecule has 0 unspecified atom stereocenters. The van der Waals surface area contributed by atoms with E-state index in [1.165, 1.54) is 24.8 Å². The van der Waals surface area contributed by atoms with E-state index < -0.39 is 0 Å². The van der Waals surface area contributed by atoms with Crippen LogP contribution >= 0.6 is 0 Å². The molecule has 1 aliphatic rings. The Hall–Kier alpha value is -1.18. The lowest BCUT2D eigenvalue weighted by Crippen LogP contribution is -1.92. The van der Waals surface area contributed by atoms with Crippen molar-refractivity contribution in [2.75, 3.05) is 6.79 Å². The second-order valence-electron chi connectivity index (χ2n) is 3.89. The van der Waals surface area contributed by atoms with Crippen LogP contribution in [0.4, 0.5) is 0 Å². The average molecular weight is 252 g/mol. The van der Waals surface area contributed by atoms with Crippen molar-refractivity contribution in [1.29, 1.82) is 0 Å². The van der Waals surface area contributed by atoms with E-state index in [9.17, 15) is 0 Å². The van der Waals surface area contributed by atoms with Gasteiger partial charge in [-0.1, -0.05) is 59.9 Å². The quantitative estimate of drug-likeness (QED) is 0.736. The highest BCUT2D eigenvalue weighted by atomic mass is 16.7. The van der Waals surface area contributed by atoms with Gasteiger partial charge < -0.3 is 9.47 Å². The molecule has 2 heteroatoms. The van der Waals surface area contributed by atoms with Crippen molar-refractivity contribution in [2.24, 2.45) is 0 Å². The molecule has 0 amide bonds. The van der Waals surface area contributed by atoms with E-state index in [0.29, 0.717) is 6.79 Å². The summed E-state index contributed by atoms with van der Waals surface area (Å²) >= 11 is 0. The van der Waals surface area contributed by atoms with E-state index in [4.69, 9.17) is 9.47 Å². The van der Waals surface area contributed by atoms with Gasteiger partial charge in [0.15, 0.2) is 11.5 Å². The molecule has 1 aromatic carbocycles. The molecule has 0 atom stereocenters. The van der Waals surface area contributed by atoms with Crippen LogP contribution < -0.4 is 9.47 Å². The Bertz CT molecular complexity index is 306. The number of rotatable bonds is 3. The van der Waals surface area contributed by atoms with Crippen molar-refractivity contribution in [1.82, 2.24) is 0 Å². The van der Waals surface area contributed by atoms with E-state index in [1.54, 1.807) is 0 Å². The van der Waals surface area contributed by atoms with Gasteiger partial charge >= 0.3 is 0 Å². The van der Waals surface area contributed by atoms with Crippen molar-refractivity contribution >= 4 is 0 Å². The molecular weight excluding hydrogens is 224 g/mol. The predicted molar refractivity (Wildman–Crippen MR) is 78.5 cm³/mol. The minimum Gasteiger partial charge on any atom is -0.454 e. The number of benzene rings is 1. The molecule has 0 radical (unpaired) electrons. The summed E-state index contributed by atoms with van der Waals surface area (Å²) < 4.78 is 10.4. The lowest BCUT2D eigenvalue weighted by molar-refractivity contribution is 0.174. The topological polar surface area (TPSA) is 18.5 Å². The third-order valence-corrected chi connectivity index (χ3v) is 2.55. The summed E-state index contributed by atoms with van der Waals surface area (Å²) in [6.45, 7) is 10.9. The summed E-state index contributed by atoms with van der Waals surface area (Å²) in [6.07, 6.45) is 5.11. The molecule has 0 N–H and O–H groups in total. The van der Waals surface area contributed by atoms with Crippen LogP contribution in [0.25, 0.3) is 0 Å². The zero-order valence-corrected chi connectivity index (χ0v) is 12.6. The Morgan fingerprint density at radius 2 is 1.56 bits per heavy atom. The third-order valence-electron chi connectivity index (χ3n) is 2.55. The number of ether oxygens (including phenoxy) is 2. The Morgan fingerprint density at radius 1 is 0.944 bits per heavy atom. The number of fused-ring (bicyclic) bond motifs is 1. The highest BCUT2D eigenvalue weighted by Gasteiger charge is 2.11. The Balaban J connectivity index is 0.000000354. The van der Waals surface area contributed by atoms with Gasteiger partial charge in [0, 0.05) is 0 Å². The van der Waals surface area contributed by atoms with Crippen LogP contribution in [0.1, 0.15) is 59.4 Å². The molecule has 0 spiro atoms. The number of hydrogen-bond acceptors (Lipinski definition) is 2. The number of unbranched alkanes of at least 4 members (excludes halogenated alkanes) is 2. The predicted octanol–water partition coefficient (Wildman–Crippen LogP) is 5.20. The second-order valence-corrected chi connectivity index (χ2v) is 3.89. The normalized spacial score (nSPS) is 10.9. The van der Waals surface area contributed by atoms with E-state index in [-0.39, 0.29) is 0 Å². The molecule has 0 saturated heterocycles. The van der Waals surface area contributed by atoms with Gasteiger partial charge in [0.2, 0.25) is 6.79 Å². The highest BCUT2D eigenvalue weighted by molar-refractivity contribution is 5.44. The monoisotopic (exact) mass is 252 g/mol. The molecule has 2 rings (SSSR count). The summed E-state index contributed by atoms with van der Waals surface area (Å²) in [4.78, 5) is 0. The number of hydrogen-bond donors (Lipinski definition) is 0. The SMILES string of the molecule is CC.CCCCC.CCc1ccc2c(c1)OCO2. The fraction of sp³-hybridized carbons (Fsp3) is 0.625. The van der Waals surface area contributed by atoms with Crippen LogP contribution in [-0.4, -0.2) is 6.79 Å². The van der Waals surface area contributed by atoms with E-state index >= 15 is 0 Å². The largest absolute Gasteiger partial charge is 0.454 e. The molecule has 1 heterocycles. The molecular formula is C16H28O2. The first-order valence-electron chi connectivity index (χ1n) is 7.20. The first-order valence-corrected chi connectivity index (χ1v) is 7.20. The standard InChI is InChI=1S/C9H10O2.C5H12.C2H6/c1-2-7-3-4-8-9(5-7)11-6-10-8;1-3-5-4-2;1-2/h3-5H,2,6H2,1H3;3-5H2,1-2H3;1-2H3. The maximum atomic E-state index is 5.22. The summed E-state index contributed by atoms with van der Waals surface area (Å²) in [5.74, 6) is 1.74. The summed E-state index contributed by atoms with van der Waals surface area (Å²) in [7, 11) is 0. The second kappa shape index (κ2) is 10.9. The van der Waals surface area contributed by atoms with Gasteiger partial charge in [0.1, 0.15) is 0 Å². The fourth-order valence-electron chi connectivity index (χ4n) is 1.51. The highest BCUT2D eigenvalue weighted by Crippen LogP contribution is 2.32. The van der Waals surface area contributed by atoms with Crippen molar-refractivity contribution in [3.8, 4) is 11.5 Å². The van der Waals surface area contributed by atoms with E-state index in [0.717, 1.165) is 17.9 Å². The Kier molecular flexibility index (Phi) is 10.2. The van der Waals surface area contributed by atoms with Gasteiger partial charge in [-0.2, -0.15) is 0 Å². The molecule has 0 aliphatic carbocycles. The van der Waals surface area contributed by atoms with Crippen LogP contribution in [0.15, 0.2) is 18.2 Å². The van der Waals surface area contributed by atoms with Crippen LogP contribution in [0, 0.1) is 0 Å². The minimum atomic E-state index is 0.364.